The zero-order valence-corrected chi connectivity index (χ0v) is 9.93. The molecule has 0 bridgehead atoms. The molecule has 0 radical (unpaired) electrons. The normalized spacial score (nSPS) is 24.8. The van der Waals surface area contributed by atoms with Crippen molar-refractivity contribution in [3.63, 3.8) is 0 Å². The predicted molar refractivity (Wildman–Crippen MR) is 60.6 cm³/mol. The topological polar surface area (TPSA) is 12.0 Å². The Hall–Kier alpha value is -1.03. The Labute approximate surface area is 99.0 Å². The van der Waals surface area contributed by atoms with E-state index in [1.807, 2.05) is 0 Å². The van der Waals surface area contributed by atoms with Crippen LogP contribution in [0.2, 0.25) is 0 Å². The molecule has 4 heteroatoms. The Morgan fingerprint density at radius 2 is 1.71 bits per heavy atom. The van der Waals surface area contributed by atoms with Gasteiger partial charge in [0, 0.05) is 5.54 Å². The number of rotatable bonds is 2. The molecule has 1 atom stereocenters. The fourth-order valence-corrected chi connectivity index (χ4v) is 2.42. The Morgan fingerprint density at radius 3 is 2.00 bits per heavy atom. The fourth-order valence-electron chi connectivity index (χ4n) is 2.42. The minimum Gasteiger partial charge on any atom is -0.307 e. The van der Waals surface area contributed by atoms with Gasteiger partial charge in [-0.15, -0.1) is 0 Å². The molecule has 0 aromatic heterocycles. The summed E-state index contributed by atoms with van der Waals surface area (Å²) in [7, 11) is 0. The fraction of sp³-hybridized carbons (Fsp3) is 0.538. The Balaban J connectivity index is 2.29. The third kappa shape index (κ3) is 2.06. The lowest BCUT2D eigenvalue weighted by molar-refractivity contribution is -0.137. The lowest BCUT2D eigenvalue weighted by Crippen LogP contribution is -2.57. The number of nitrogens with one attached hydrogen (secondary N) is 1. The van der Waals surface area contributed by atoms with Gasteiger partial charge in [-0.25, -0.2) is 0 Å². The maximum absolute atomic E-state index is 12.5. The molecular formula is C13H16F3N. The van der Waals surface area contributed by atoms with Crippen LogP contribution in [-0.4, -0.2) is 6.54 Å². The second kappa shape index (κ2) is 4.02. The van der Waals surface area contributed by atoms with E-state index in [2.05, 4.69) is 19.2 Å². The van der Waals surface area contributed by atoms with E-state index in [-0.39, 0.29) is 5.54 Å². The molecule has 1 aliphatic heterocycles. The second-order valence-electron chi connectivity index (χ2n) is 4.88. The third-order valence-electron chi connectivity index (χ3n) is 3.67. The quantitative estimate of drug-likeness (QED) is 0.837. The van der Waals surface area contributed by atoms with Crippen molar-refractivity contribution in [2.24, 2.45) is 5.92 Å². The number of hydrogen-bond acceptors (Lipinski definition) is 1. The molecule has 1 aromatic rings. The van der Waals surface area contributed by atoms with Gasteiger partial charge in [-0.3, -0.25) is 0 Å². The van der Waals surface area contributed by atoms with Gasteiger partial charge in [0.1, 0.15) is 0 Å². The molecule has 0 saturated carbocycles. The average molecular weight is 243 g/mol. The predicted octanol–water partition coefficient (Wildman–Crippen LogP) is 3.55. The number of benzene rings is 1. The number of alkyl halides is 3. The lowest BCUT2D eigenvalue weighted by atomic mass is 9.72. The first-order valence-corrected chi connectivity index (χ1v) is 5.79. The summed E-state index contributed by atoms with van der Waals surface area (Å²) in [5.41, 5.74) is 0.232. The molecule has 0 aliphatic carbocycles. The summed E-state index contributed by atoms with van der Waals surface area (Å²) in [5, 5.41) is 3.35. The largest absolute Gasteiger partial charge is 0.416 e. The van der Waals surface area contributed by atoms with Gasteiger partial charge in [-0.2, -0.15) is 13.2 Å². The van der Waals surface area contributed by atoms with Crippen molar-refractivity contribution in [1.82, 2.24) is 5.32 Å². The van der Waals surface area contributed by atoms with Gasteiger partial charge >= 0.3 is 6.18 Å². The first-order chi connectivity index (χ1) is 7.86. The molecule has 1 N–H and O–H groups in total. The Morgan fingerprint density at radius 1 is 1.18 bits per heavy atom. The molecule has 1 aromatic carbocycles. The zero-order chi connectivity index (χ0) is 12.7. The third-order valence-corrected chi connectivity index (χ3v) is 3.67. The van der Waals surface area contributed by atoms with Crippen LogP contribution in [0.15, 0.2) is 24.3 Å². The van der Waals surface area contributed by atoms with Crippen LogP contribution >= 0.6 is 0 Å². The molecule has 1 unspecified atom stereocenters. The lowest BCUT2D eigenvalue weighted by Gasteiger charge is -2.47. The van der Waals surface area contributed by atoms with Crippen LogP contribution in [-0.2, 0) is 11.7 Å². The molecule has 1 aliphatic rings. The summed E-state index contributed by atoms with van der Waals surface area (Å²) in [6.07, 6.45) is -3.27. The van der Waals surface area contributed by atoms with Crippen LogP contribution in [0.1, 0.15) is 31.4 Å². The highest BCUT2D eigenvalue weighted by molar-refractivity contribution is 5.32. The van der Waals surface area contributed by atoms with Gasteiger partial charge in [0.2, 0.25) is 0 Å². The van der Waals surface area contributed by atoms with Crippen LogP contribution < -0.4 is 5.32 Å². The molecule has 1 heterocycles. The first-order valence-electron chi connectivity index (χ1n) is 5.79. The average Bonchev–Trinajstić information content (AvgIpc) is 2.14. The molecule has 0 spiro atoms. The highest BCUT2D eigenvalue weighted by atomic mass is 19.4. The molecule has 1 nitrogen and oxygen atoms in total. The molecule has 2 rings (SSSR count). The molecule has 1 fully saturated rings. The molecule has 0 amide bonds. The van der Waals surface area contributed by atoms with Gasteiger partial charge in [0.05, 0.1) is 5.56 Å². The maximum Gasteiger partial charge on any atom is 0.416 e. The minimum absolute atomic E-state index is 0.135. The van der Waals surface area contributed by atoms with Gasteiger partial charge < -0.3 is 5.32 Å². The van der Waals surface area contributed by atoms with Gasteiger partial charge in [0.15, 0.2) is 0 Å². The molecule has 1 saturated heterocycles. The Kier molecular flexibility index (Phi) is 2.94. The van der Waals surface area contributed by atoms with E-state index in [1.54, 1.807) is 12.1 Å². The van der Waals surface area contributed by atoms with Crippen LogP contribution in [0.25, 0.3) is 0 Å². The summed E-state index contributed by atoms with van der Waals surface area (Å²) >= 11 is 0. The zero-order valence-electron chi connectivity index (χ0n) is 9.93. The van der Waals surface area contributed by atoms with E-state index in [9.17, 15) is 13.2 Å². The van der Waals surface area contributed by atoms with Crippen LogP contribution in [0, 0.1) is 5.92 Å². The van der Waals surface area contributed by atoms with Crippen molar-refractivity contribution in [3.05, 3.63) is 35.4 Å². The summed E-state index contributed by atoms with van der Waals surface area (Å²) < 4.78 is 37.4. The van der Waals surface area contributed by atoms with E-state index >= 15 is 0 Å². The van der Waals surface area contributed by atoms with Crippen molar-refractivity contribution in [3.8, 4) is 0 Å². The van der Waals surface area contributed by atoms with Crippen molar-refractivity contribution in [2.75, 3.05) is 6.54 Å². The summed E-state index contributed by atoms with van der Waals surface area (Å²) in [6.45, 7) is 5.10. The van der Waals surface area contributed by atoms with E-state index in [0.29, 0.717) is 5.92 Å². The van der Waals surface area contributed by atoms with E-state index in [0.717, 1.165) is 18.5 Å². The van der Waals surface area contributed by atoms with Gasteiger partial charge in [-0.1, -0.05) is 26.0 Å². The summed E-state index contributed by atoms with van der Waals surface area (Å²) in [4.78, 5) is 0. The second-order valence-corrected chi connectivity index (χ2v) is 4.88. The Bertz CT molecular complexity index is 388. The van der Waals surface area contributed by atoms with E-state index < -0.39 is 11.7 Å². The monoisotopic (exact) mass is 243 g/mol. The summed E-state index contributed by atoms with van der Waals surface area (Å²) in [5.74, 6) is 0.369. The van der Waals surface area contributed by atoms with Crippen LogP contribution in [0.5, 0.6) is 0 Å². The van der Waals surface area contributed by atoms with Crippen LogP contribution in [0.3, 0.4) is 0 Å². The van der Waals surface area contributed by atoms with Crippen molar-refractivity contribution in [1.29, 1.82) is 0 Å². The van der Waals surface area contributed by atoms with Crippen molar-refractivity contribution >= 4 is 0 Å². The molecule has 94 valence electrons. The van der Waals surface area contributed by atoms with Gasteiger partial charge in [-0.05, 0) is 36.6 Å². The smallest absolute Gasteiger partial charge is 0.307 e. The SMILES string of the molecule is CC(C)C1(c2ccc(C(F)(F)F)cc2)CCN1. The summed E-state index contributed by atoms with van der Waals surface area (Å²) in [6, 6.07) is 5.52. The minimum atomic E-state index is -4.25. The molecule has 17 heavy (non-hydrogen) atoms. The van der Waals surface area contributed by atoms with Crippen molar-refractivity contribution in [2.45, 2.75) is 32.0 Å². The first kappa shape index (κ1) is 12.4. The van der Waals surface area contributed by atoms with E-state index in [1.165, 1.54) is 12.1 Å². The number of halogens is 3. The van der Waals surface area contributed by atoms with Gasteiger partial charge in [0.25, 0.3) is 0 Å². The van der Waals surface area contributed by atoms with Crippen LogP contribution in [0.4, 0.5) is 13.2 Å². The molecular weight excluding hydrogens is 227 g/mol. The highest BCUT2D eigenvalue weighted by Crippen LogP contribution is 2.39. The highest BCUT2D eigenvalue weighted by Gasteiger charge is 2.41. The standard InChI is InChI=1S/C13H16F3N/c1-9(2)12(7-8-17-12)10-3-5-11(6-4-10)13(14,15)16/h3-6,9,17H,7-8H2,1-2H3. The van der Waals surface area contributed by atoms with Crippen molar-refractivity contribution < 1.29 is 13.2 Å². The maximum atomic E-state index is 12.5. The number of hydrogen-bond donors (Lipinski definition) is 1. The van der Waals surface area contributed by atoms with E-state index in [4.69, 9.17) is 0 Å².